The van der Waals surface area contributed by atoms with Crippen LogP contribution in [0.5, 0.6) is 0 Å². The van der Waals surface area contributed by atoms with Crippen LogP contribution < -0.4 is 0 Å². The molecule has 0 aliphatic heterocycles. The van der Waals surface area contributed by atoms with Crippen LogP contribution >= 0.6 is 0 Å². The summed E-state index contributed by atoms with van der Waals surface area (Å²) in [5.41, 5.74) is 2.09. The zero-order valence-corrected chi connectivity index (χ0v) is 13.0. The molecule has 0 atom stereocenters. The highest BCUT2D eigenvalue weighted by atomic mass is 16.2. The van der Waals surface area contributed by atoms with E-state index in [1.54, 1.807) is 43.4 Å². The van der Waals surface area contributed by atoms with Crippen LogP contribution in [0.25, 0.3) is 0 Å². The van der Waals surface area contributed by atoms with Gasteiger partial charge < -0.3 is 9.80 Å². The molecule has 6 nitrogen and oxygen atoms in total. The number of nitrogens with one attached hydrogen (secondary N) is 1. The highest BCUT2D eigenvalue weighted by Gasteiger charge is 2.16. The van der Waals surface area contributed by atoms with Gasteiger partial charge in [0, 0.05) is 38.9 Å². The summed E-state index contributed by atoms with van der Waals surface area (Å²) in [4.78, 5) is 27.4. The maximum Gasteiger partial charge on any atom is 0.272 e. The molecular formula is C16H20N4O2. The average Bonchev–Trinajstić information content (AvgIpc) is 3.06. The molecule has 116 valence electrons. The number of rotatable bonds is 5. The molecule has 0 spiro atoms. The van der Waals surface area contributed by atoms with Gasteiger partial charge in [-0.25, -0.2) is 0 Å². The number of aromatic nitrogens is 2. The lowest BCUT2D eigenvalue weighted by atomic mass is 10.1. The minimum Gasteiger partial charge on any atom is -0.345 e. The second kappa shape index (κ2) is 6.89. The van der Waals surface area contributed by atoms with Gasteiger partial charge in [-0.05, 0) is 30.7 Å². The van der Waals surface area contributed by atoms with Gasteiger partial charge >= 0.3 is 0 Å². The fraction of sp³-hybridized carbons (Fsp3) is 0.312. The molecule has 1 aromatic carbocycles. The number of carbonyl (C=O) groups excluding carboxylic acids is 2. The van der Waals surface area contributed by atoms with Crippen molar-refractivity contribution in [3.05, 3.63) is 53.3 Å². The Morgan fingerprint density at radius 1 is 1.09 bits per heavy atom. The zero-order chi connectivity index (χ0) is 16.1. The highest BCUT2D eigenvalue weighted by molar-refractivity contribution is 5.94. The van der Waals surface area contributed by atoms with Crippen LogP contribution in [0.3, 0.4) is 0 Å². The van der Waals surface area contributed by atoms with E-state index in [0.717, 1.165) is 5.56 Å². The standard InChI is InChI=1S/C16H20N4O2/c1-4-20(16(22)14-9-10-17-18-14)11-12-5-7-13(8-6-12)15(21)19(2)3/h5-10H,4,11H2,1-3H3,(H,17,18). The van der Waals surface area contributed by atoms with Gasteiger partial charge in [0.2, 0.25) is 0 Å². The molecule has 0 aliphatic rings. The Morgan fingerprint density at radius 2 is 1.77 bits per heavy atom. The summed E-state index contributed by atoms with van der Waals surface area (Å²) in [7, 11) is 3.44. The third kappa shape index (κ3) is 3.52. The van der Waals surface area contributed by atoms with Gasteiger partial charge in [-0.2, -0.15) is 5.10 Å². The van der Waals surface area contributed by atoms with E-state index < -0.39 is 0 Å². The first-order valence-corrected chi connectivity index (χ1v) is 7.12. The van der Waals surface area contributed by atoms with Gasteiger partial charge in [0.25, 0.3) is 11.8 Å². The third-order valence-corrected chi connectivity index (χ3v) is 3.38. The molecular weight excluding hydrogens is 280 g/mol. The number of benzene rings is 1. The Morgan fingerprint density at radius 3 is 2.27 bits per heavy atom. The number of H-pyrrole nitrogens is 1. The maximum absolute atomic E-state index is 12.3. The minimum atomic E-state index is -0.0894. The third-order valence-electron chi connectivity index (χ3n) is 3.38. The SMILES string of the molecule is CCN(Cc1ccc(C(=O)N(C)C)cc1)C(=O)c1ccn[nH]1. The van der Waals surface area contributed by atoms with E-state index in [1.165, 1.54) is 4.90 Å². The summed E-state index contributed by atoms with van der Waals surface area (Å²) in [6.07, 6.45) is 1.56. The van der Waals surface area contributed by atoms with Crippen molar-refractivity contribution < 1.29 is 9.59 Å². The highest BCUT2D eigenvalue weighted by Crippen LogP contribution is 2.11. The van der Waals surface area contributed by atoms with Crippen molar-refractivity contribution in [3.8, 4) is 0 Å². The fourth-order valence-corrected chi connectivity index (χ4v) is 2.10. The van der Waals surface area contributed by atoms with Crippen molar-refractivity contribution in [2.24, 2.45) is 0 Å². The average molecular weight is 300 g/mol. The van der Waals surface area contributed by atoms with Crippen LogP contribution in [-0.2, 0) is 6.54 Å². The summed E-state index contributed by atoms with van der Waals surface area (Å²) in [6.45, 7) is 3.01. The van der Waals surface area contributed by atoms with Crippen LogP contribution in [0.1, 0.15) is 33.3 Å². The smallest absolute Gasteiger partial charge is 0.272 e. The summed E-state index contributed by atoms with van der Waals surface area (Å²) in [6, 6.07) is 8.97. The quantitative estimate of drug-likeness (QED) is 0.915. The molecule has 1 aromatic heterocycles. The summed E-state index contributed by atoms with van der Waals surface area (Å²) < 4.78 is 0. The Hall–Kier alpha value is -2.63. The van der Waals surface area contributed by atoms with Gasteiger partial charge in [-0.15, -0.1) is 0 Å². The van der Waals surface area contributed by atoms with Crippen molar-refractivity contribution in [1.82, 2.24) is 20.0 Å². The number of aromatic amines is 1. The van der Waals surface area contributed by atoms with E-state index in [0.29, 0.717) is 24.3 Å². The van der Waals surface area contributed by atoms with Crippen LogP contribution in [-0.4, -0.2) is 52.5 Å². The lowest BCUT2D eigenvalue weighted by Crippen LogP contribution is -2.30. The van der Waals surface area contributed by atoms with Crippen LogP contribution in [0.4, 0.5) is 0 Å². The maximum atomic E-state index is 12.3. The summed E-state index contributed by atoms with van der Waals surface area (Å²) >= 11 is 0. The van der Waals surface area contributed by atoms with Gasteiger partial charge in [0.1, 0.15) is 5.69 Å². The molecule has 2 aromatic rings. The van der Waals surface area contributed by atoms with E-state index in [1.807, 2.05) is 19.1 Å². The zero-order valence-electron chi connectivity index (χ0n) is 13.0. The van der Waals surface area contributed by atoms with E-state index >= 15 is 0 Å². The molecule has 0 saturated carbocycles. The molecule has 0 fully saturated rings. The van der Waals surface area contributed by atoms with Crippen molar-refractivity contribution in [1.29, 1.82) is 0 Å². The molecule has 0 bridgehead atoms. The molecule has 0 aliphatic carbocycles. The number of hydrogen-bond donors (Lipinski definition) is 1. The second-order valence-corrected chi connectivity index (χ2v) is 5.19. The normalized spacial score (nSPS) is 10.3. The summed E-state index contributed by atoms with van der Waals surface area (Å²) in [5, 5.41) is 6.48. The van der Waals surface area contributed by atoms with Crippen LogP contribution in [0, 0.1) is 0 Å². The lowest BCUT2D eigenvalue weighted by Gasteiger charge is -2.20. The Kier molecular flexibility index (Phi) is 4.93. The topological polar surface area (TPSA) is 69.3 Å². The number of hydrogen-bond acceptors (Lipinski definition) is 3. The van der Waals surface area contributed by atoms with Crippen molar-refractivity contribution in [3.63, 3.8) is 0 Å². The minimum absolute atomic E-state index is 0.0348. The molecule has 0 unspecified atom stereocenters. The van der Waals surface area contributed by atoms with Crippen LogP contribution in [0.2, 0.25) is 0 Å². The fourth-order valence-electron chi connectivity index (χ4n) is 2.10. The number of carbonyl (C=O) groups is 2. The molecule has 2 amide bonds. The van der Waals surface area contributed by atoms with Gasteiger partial charge in [0.15, 0.2) is 0 Å². The monoisotopic (exact) mass is 300 g/mol. The Balaban J connectivity index is 2.08. The van der Waals surface area contributed by atoms with Gasteiger partial charge in [0.05, 0.1) is 0 Å². The number of amides is 2. The van der Waals surface area contributed by atoms with E-state index in [-0.39, 0.29) is 11.8 Å². The molecule has 6 heteroatoms. The molecule has 0 saturated heterocycles. The van der Waals surface area contributed by atoms with Gasteiger partial charge in [-0.1, -0.05) is 12.1 Å². The lowest BCUT2D eigenvalue weighted by molar-refractivity contribution is 0.0745. The molecule has 2 rings (SSSR count). The van der Waals surface area contributed by atoms with Gasteiger partial charge in [-0.3, -0.25) is 14.7 Å². The predicted octanol–water partition coefficient (Wildman–Crippen LogP) is 1.77. The Bertz CT molecular complexity index is 633. The van der Waals surface area contributed by atoms with Crippen molar-refractivity contribution >= 4 is 11.8 Å². The van der Waals surface area contributed by atoms with Crippen LogP contribution in [0.15, 0.2) is 36.5 Å². The molecule has 22 heavy (non-hydrogen) atoms. The van der Waals surface area contributed by atoms with E-state index in [4.69, 9.17) is 0 Å². The first-order valence-electron chi connectivity index (χ1n) is 7.12. The first-order chi connectivity index (χ1) is 10.5. The predicted molar refractivity (Wildman–Crippen MR) is 83.5 cm³/mol. The van der Waals surface area contributed by atoms with E-state index in [9.17, 15) is 9.59 Å². The largest absolute Gasteiger partial charge is 0.345 e. The molecule has 1 heterocycles. The molecule has 1 N–H and O–H groups in total. The summed E-state index contributed by atoms with van der Waals surface area (Å²) in [5.74, 6) is -0.124. The van der Waals surface area contributed by atoms with Crippen molar-refractivity contribution in [2.45, 2.75) is 13.5 Å². The second-order valence-electron chi connectivity index (χ2n) is 5.19. The van der Waals surface area contributed by atoms with Crippen molar-refractivity contribution in [2.75, 3.05) is 20.6 Å². The first kappa shape index (κ1) is 15.8. The Labute approximate surface area is 129 Å². The molecule has 0 radical (unpaired) electrons. The number of nitrogens with zero attached hydrogens (tertiary/aromatic N) is 3. The van der Waals surface area contributed by atoms with E-state index in [2.05, 4.69) is 10.2 Å².